The third kappa shape index (κ3) is 20.6. The van der Waals surface area contributed by atoms with Gasteiger partial charge in [-0.2, -0.15) is 10.2 Å². The van der Waals surface area contributed by atoms with E-state index in [0.717, 1.165) is 122 Å². The minimum Gasteiger partial charge on any atom is -0.378 e. The van der Waals surface area contributed by atoms with Gasteiger partial charge in [0.25, 0.3) is 27.8 Å². The Morgan fingerprint density at radius 3 is 1.16 bits per heavy atom. The Morgan fingerprint density at radius 1 is 0.407 bits per heavy atom. The van der Waals surface area contributed by atoms with E-state index in [0.29, 0.717) is 80.9 Å². The fraction of sp³-hybridized carbons (Fsp3) is 0.383. The average molecular weight is 1710 g/mol. The molecule has 0 radical (unpaired) electrons. The maximum absolute atomic E-state index is 11.6. The van der Waals surface area contributed by atoms with Crippen LogP contribution >= 0.6 is 70.1 Å². The highest BCUT2D eigenvalue weighted by Gasteiger charge is 2.32. The highest BCUT2D eigenvalue weighted by atomic mass is 32.2. The van der Waals surface area contributed by atoms with Crippen LogP contribution in [0.2, 0.25) is 0 Å². The second-order valence-electron chi connectivity index (χ2n) is 30.9. The van der Waals surface area contributed by atoms with Crippen LogP contribution in [0.1, 0.15) is 113 Å². The van der Waals surface area contributed by atoms with Crippen molar-refractivity contribution in [2.24, 2.45) is 14.1 Å². The van der Waals surface area contributed by atoms with E-state index in [1.807, 2.05) is 168 Å². The predicted octanol–water partition coefficient (Wildman–Crippen LogP) is 14.2. The third-order valence-electron chi connectivity index (χ3n) is 21.8. The first-order chi connectivity index (χ1) is 57.5. The summed E-state index contributed by atoms with van der Waals surface area (Å²) in [5.41, 5.74) is 5.29. The number of anilines is 5. The number of hydrogen-bond acceptors (Lipinski definition) is 24. The smallest absolute Gasteiger partial charge is 0.271 e. The zero-order chi connectivity index (χ0) is 80.6. The predicted molar refractivity (Wildman–Crippen MR) is 474 cm³/mol. The number of nitrogens with one attached hydrogen (secondary N) is 16. The molecule has 118 heavy (non-hydrogen) atoms. The van der Waals surface area contributed by atoms with Crippen molar-refractivity contribution in [2.75, 3.05) is 39.8 Å². The van der Waals surface area contributed by atoms with Crippen molar-refractivity contribution < 1.29 is 4.74 Å². The second-order valence-corrected chi connectivity index (χ2v) is 39.0. The molecule has 0 amide bonds. The number of aryl methyl sites for hydroxylation is 3. The molecule has 5 aliphatic carbocycles. The fourth-order valence-electron chi connectivity index (χ4n) is 15.8. The van der Waals surface area contributed by atoms with Gasteiger partial charge in [-0.15, -0.1) is 75.2 Å². The Morgan fingerprint density at radius 2 is 0.797 bits per heavy atom. The van der Waals surface area contributed by atoms with Crippen molar-refractivity contribution in [3.05, 3.63) is 203 Å². The SMILES string of the molecule is Cc1cnc(NC2CCC(Sc3ccc4c(=O)[nH][nH]c4c3)C2)s1.Cn1cnc(NC2CCC(Sc3ccc4c(=O)[nH][nH]c4c3)C2)c1.Cn1cnc(NC2CCC(Sc3ccc4c(=O)[nH][nH]c4c3)C2)c1.O=c1[nH][nH]c2cc(SC3CCC(Nc4cc(C5CC5)[nH]n4)C3)ccc12.O=c1[nH][nH]c2cc(SC3COCC(Nc4nccnn4)C3)ccc12. The quantitative estimate of drug-likeness (QED) is 0.0318. The van der Waals surface area contributed by atoms with Crippen LogP contribution in [0.15, 0.2) is 189 Å². The maximum atomic E-state index is 11.6. The fourth-order valence-corrected chi connectivity index (χ4v) is 23.0. The summed E-state index contributed by atoms with van der Waals surface area (Å²) in [5.74, 6) is 4.13. The van der Waals surface area contributed by atoms with Gasteiger partial charge in [-0.25, -0.2) is 19.9 Å². The lowest BCUT2D eigenvalue weighted by Gasteiger charge is -2.29. The lowest BCUT2D eigenvalue weighted by atomic mass is 10.1. The summed E-state index contributed by atoms with van der Waals surface area (Å²) in [6.07, 6.45) is 30.2. The molecule has 0 bridgehead atoms. The summed E-state index contributed by atoms with van der Waals surface area (Å²) in [6, 6.07) is 34.1. The first kappa shape index (κ1) is 79.9. The number of fused-ring (bicyclic) bond motifs is 5. The number of aromatic nitrogens is 20. The normalized spacial score (nSPS) is 21.6. The van der Waals surface area contributed by atoms with Crippen molar-refractivity contribution in [3.63, 3.8) is 0 Å². The number of aromatic amines is 11. The number of benzene rings is 5. The second kappa shape index (κ2) is 36.7. The summed E-state index contributed by atoms with van der Waals surface area (Å²) in [4.78, 5) is 82.1. The summed E-state index contributed by atoms with van der Waals surface area (Å²) in [5, 5.41) is 67.8. The van der Waals surface area contributed by atoms with Crippen molar-refractivity contribution >= 4 is 153 Å². The van der Waals surface area contributed by atoms with Crippen LogP contribution in [0.25, 0.3) is 54.5 Å². The van der Waals surface area contributed by atoms with Crippen LogP contribution in [-0.2, 0) is 18.8 Å². The topological polar surface area (TPSA) is 429 Å². The standard InChI is InChI=1S/C18H21N5OS.2C16H19N5OS.C16H18N4OS2.C15H16N6O2S/c24-18-14-6-5-13(8-16(14)21-23-18)25-12-4-3-11(7-12)19-17-9-15(20-22-17)10-1-2-10;2*1-21-8-15(17-9-21)18-10-2-3-11(6-10)23-12-4-5-13-14(7-12)19-20-16(13)22;1-9-8-17-16(22-9)18-10-2-3-11(6-10)23-12-4-5-13-14(7-12)19-20-15(13)21;22-14-12-2-1-10(6-13(12)19-20-14)24-11-5-9(7-23-8-11)18-15-16-3-4-17-21-15/h5-6,8-12H,1-4,7H2,(H2,19,20,22)(H2,21,23,24);2*4-5,7-11,18H,2-3,6H2,1H3,(H2,19,20,22);4-5,7-8,10-11H,2-3,6H2,1H3,(H,17,18)(H2,19,20,21);1-4,6,9,11H,5,7-8H2,(H,16,18,21)(H2,19,20,22). The Kier molecular flexibility index (Phi) is 24.9. The van der Waals surface area contributed by atoms with Gasteiger partial charge in [-0.05, 0) is 194 Å². The van der Waals surface area contributed by atoms with Gasteiger partial charge < -0.3 is 40.5 Å². The summed E-state index contributed by atoms with van der Waals surface area (Å²) in [6.45, 7) is 3.40. The third-order valence-corrected chi connectivity index (χ3v) is 29.0. The van der Waals surface area contributed by atoms with Gasteiger partial charge in [0.2, 0.25) is 5.95 Å². The molecule has 10 unspecified atom stereocenters. The number of hydrogen-bond donors (Lipinski definition) is 16. The largest absolute Gasteiger partial charge is 0.378 e. The monoisotopic (exact) mass is 1700 g/mol. The summed E-state index contributed by atoms with van der Waals surface area (Å²) in [7, 11) is 3.96. The van der Waals surface area contributed by atoms with Crippen LogP contribution in [0.4, 0.5) is 28.5 Å². The Bertz CT molecular complexity index is 5850. The molecule has 1 aliphatic heterocycles. The molecule has 6 fully saturated rings. The lowest BCUT2D eigenvalue weighted by molar-refractivity contribution is 0.0919. The Hall–Kier alpha value is -10.6. The number of H-pyrrole nitrogens is 11. The molecule has 10 atom stereocenters. The van der Waals surface area contributed by atoms with E-state index in [1.54, 1.807) is 35.5 Å². The first-order valence-electron chi connectivity index (χ1n) is 39.9. The molecule has 21 rings (SSSR count). The van der Waals surface area contributed by atoms with Gasteiger partial charge in [-0.1, -0.05) is 0 Å². The molecule has 16 N–H and O–H groups in total. The molecule has 6 aliphatic rings. The number of rotatable bonds is 21. The van der Waals surface area contributed by atoms with E-state index < -0.39 is 0 Å². The minimum atomic E-state index is -0.0942. The highest BCUT2D eigenvalue weighted by molar-refractivity contribution is 8.01. The molecule has 31 nitrogen and oxygen atoms in total. The Labute approximate surface area is 700 Å². The summed E-state index contributed by atoms with van der Waals surface area (Å²) < 4.78 is 9.62. The van der Waals surface area contributed by atoms with Crippen LogP contribution in [0, 0.1) is 6.92 Å². The molecule has 11 heterocycles. The van der Waals surface area contributed by atoms with Crippen LogP contribution in [0.5, 0.6) is 0 Å². The molecular formula is C81H93N25O6S6. The molecule has 15 aromatic rings. The van der Waals surface area contributed by atoms with Crippen molar-refractivity contribution in [2.45, 2.75) is 190 Å². The molecule has 37 heteroatoms. The van der Waals surface area contributed by atoms with Crippen molar-refractivity contribution in [1.82, 2.24) is 100 Å². The van der Waals surface area contributed by atoms with E-state index in [9.17, 15) is 24.0 Å². The van der Waals surface area contributed by atoms with Crippen molar-refractivity contribution in [3.8, 4) is 0 Å². The van der Waals surface area contributed by atoms with E-state index in [2.05, 4.69) is 155 Å². The minimum absolute atomic E-state index is 0.0544. The molecule has 0 spiro atoms. The maximum Gasteiger partial charge on any atom is 0.271 e. The van der Waals surface area contributed by atoms with Crippen LogP contribution in [0.3, 0.4) is 0 Å². The first-order valence-corrected chi connectivity index (χ1v) is 45.1. The summed E-state index contributed by atoms with van der Waals surface area (Å²) >= 11 is 11.1. The van der Waals surface area contributed by atoms with E-state index in [4.69, 9.17) is 4.74 Å². The number of thiazole rings is 1. The van der Waals surface area contributed by atoms with E-state index in [1.165, 1.54) is 81.5 Å². The zero-order valence-corrected chi connectivity index (χ0v) is 70.0. The molecule has 5 saturated carbocycles. The van der Waals surface area contributed by atoms with Gasteiger partial charge in [0.15, 0.2) is 5.13 Å². The van der Waals surface area contributed by atoms with Gasteiger partial charge in [0.05, 0.1) is 98.8 Å². The van der Waals surface area contributed by atoms with Gasteiger partial charge in [0, 0.05) is 130 Å². The molecule has 1 saturated heterocycles. The highest BCUT2D eigenvalue weighted by Crippen LogP contribution is 2.43. The van der Waals surface area contributed by atoms with E-state index >= 15 is 0 Å². The van der Waals surface area contributed by atoms with Gasteiger partial charge >= 0.3 is 0 Å². The number of ether oxygens (including phenoxy) is 1. The average Bonchev–Trinajstić information content (AvgIpc) is 1.68. The molecule has 10 aromatic heterocycles. The zero-order valence-electron chi connectivity index (χ0n) is 65.1. The van der Waals surface area contributed by atoms with Gasteiger partial charge in [-0.3, -0.25) is 80.1 Å². The molecule has 5 aromatic carbocycles. The number of nitrogens with zero attached hydrogens (tertiary/aromatic N) is 9. The van der Waals surface area contributed by atoms with Crippen LogP contribution in [-0.4, -0.2) is 170 Å². The van der Waals surface area contributed by atoms with Gasteiger partial charge in [0.1, 0.15) is 17.5 Å². The van der Waals surface area contributed by atoms with Crippen LogP contribution < -0.4 is 54.4 Å². The lowest BCUT2D eigenvalue weighted by Crippen LogP contribution is -2.37. The number of thioether (sulfide) groups is 5. The van der Waals surface area contributed by atoms with E-state index in [-0.39, 0.29) is 33.8 Å². The van der Waals surface area contributed by atoms with Crippen molar-refractivity contribution in [1.29, 1.82) is 0 Å². The Balaban J connectivity index is 0.000000106. The molecular weight excluding hydrogens is 1610 g/mol. The molecule has 614 valence electrons. The number of imidazole rings is 2.